The SMILES string of the molecule is CC(C)(C)CC1=CC=C=NN1. The Morgan fingerprint density at radius 2 is 2.27 bits per heavy atom. The molecular weight excluding hydrogens is 136 g/mol. The van der Waals surface area contributed by atoms with Gasteiger partial charge in [0.1, 0.15) is 0 Å². The fourth-order valence-electron chi connectivity index (χ4n) is 0.986. The van der Waals surface area contributed by atoms with Crippen molar-refractivity contribution in [2.45, 2.75) is 27.2 Å². The molecule has 0 aromatic carbocycles. The minimum atomic E-state index is 0.319. The van der Waals surface area contributed by atoms with Gasteiger partial charge in [-0.3, -0.25) is 5.43 Å². The standard InChI is InChI=1S/C9H14N2/c1-9(2,3)7-8-5-4-6-10-11-8/h4-5,11H,7H2,1-3H3. The van der Waals surface area contributed by atoms with E-state index in [2.05, 4.69) is 37.2 Å². The van der Waals surface area contributed by atoms with E-state index in [1.54, 1.807) is 0 Å². The zero-order chi connectivity index (χ0) is 8.32. The van der Waals surface area contributed by atoms with Crippen LogP contribution >= 0.6 is 0 Å². The van der Waals surface area contributed by atoms with Gasteiger partial charge in [-0.25, -0.2) is 0 Å². The molecule has 0 aliphatic carbocycles. The maximum atomic E-state index is 3.82. The van der Waals surface area contributed by atoms with E-state index in [0.29, 0.717) is 5.41 Å². The summed E-state index contributed by atoms with van der Waals surface area (Å²) in [5.41, 5.74) is 4.40. The van der Waals surface area contributed by atoms with E-state index >= 15 is 0 Å². The first-order valence-corrected chi connectivity index (χ1v) is 3.82. The minimum Gasteiger partial charge on any atom is -0.274 e. The maximum absolute atomic E-state index is 3.82. The zero-order valence-corrected chi connectivity index (χ0v) is 7.31. The first-order valence-electron chi connectivity index (χ1n) is 3.82. The highest BCUT2D eigenvalue weighted by molar-refractivity contribution is 5.56. The molecule has 2 heteroatoms. The predicted molar refractivity (Wildman–Crippen MR) is 47.3 cm³/mol. The van der Waals surface area contributed by atoms with Gasteiger partial charge in [0.2, 0.25) is 0 Å². The summed E-state index contributed by atoms with van der Waals surface area (Å²) in [6, 6.07) is 0. The fraction of sp³-hybridized carbons (Fsp3) is 0.556. The lowest BCUT2D eigenvalue weighted by Crippen LogP contribution is -2.15. The first-order chi connectivity index (χ1) is 5.08. The van der Waals surface area contributed by atoms with Crippen molar-refractivity contribution in [2.75, 3.05) is 0 Å². The molecule has 1 rings (SSSR count). The Balaban J connectivity index is 2.53. The molecule has 11 heavy (non-hydrogen) atoms. The molecule has 0 saturated carbocycles. The third-order valence-corrected chi connectivity index (χ3v) is 1.34. The largest absolute Gasteiger partial charge is 0.274 e. The monoisotopic (exact) mass is 150 g/mol. The van der Waals surface area contributed by atoms with Gasteiger partial charge < -0.3 is 0 Å². The number of rotatable bonds is 1. The quantitative estimate of drug-likeness (QED) is 0.608. The number of nitrogens with zero attached hydrogens (tertiary/aromatic N) is 1. The molecule has 0 radical (unpaired) electrons. The molecule has 0 aromatic heterocycles. The summed E-state index contributed by atoms with van der Waals surface area (Å²) in [6.07, 6.45) is 4.87. The van der Waals surface area contributed by atoms with Crippen LogP contribution in [0.15, 0.2) is 23.0 Å². The van der Waals surface area contributed by atoms with Crippen LogP contribution in [0.5, 0.6) is 0 Å². The molecule has 1 aliphatic heterocycles. The van der Waals surface area contributed by atoms with Gasteiger partial charge in [0.25, 0.3) is 0 Å². The second-order valence-electron chi connectivity index (χ2n) is 3.95. The summed E-state index contributed by atoms with van der Waals surface area (Å²) in [6.45, 7) is 6.62. The highest BCUT2D eigenvalue weighted by Gasteiger charge is 2.12. The van der Waals surface area contributed by atoms with Gasteiger partial charge in [0.05, 0.1) is 0 Å². The first kappa shape index (κ1) is 8.09. The molecule has 0 unspecified atom stereocenters. The zero-order valence-electron chi connectivity index (χ0n) is 7.31. The molecule has 0 bridgehead atoms. The van der Waals surface area contributed by atoms with Gasteiger partial charge in [-0.15, -0.1) is 5.10 Å². The van der Waals surface area contributed by atoms with E-state index in [4.69, 9.17) is 0 Å². The Morgan fingerprint density at radius 1 is 1.55 bits per heavy atom. The Hall–Kier alpha value is -1.01. The Labute approximate surface area is 67.7 Å². The van der Waals surface area contributed by atoms with Crippen LogP contribution in [0.2, 0.25) is 0 Å². The van der Waals surface area contributed by atoms with E-state index in [0.717, 1.165) is 12.1 Å². The van der Waals surface area contributed by atoms with Crippen LogP contribution in [-0.2, 0) is 0 Å². The second-order valence-corrected chi connectivity index (χ2v) is 3.95. The normalized spacial score (nSPS) is 16.1. The minimum absolute atomic E-state index is 0.319. The summed E-state index contributed by atoms with van der Waals surface area (Å²) in [4.78, 5) is 0. The molecule has 0 atom stereocenters. The van der Waals surface area contributed by atoms with Crippen molar-refractivity contribution in [3.05, 3.63) is 17.8 Å². The van der Waals surface area contributed by atoms with Crippen LogP contribution < -0.4 is 5.43 Å². The summed E-state index contributed by atoms with van der Waals surface area (Å²) in [7, 11) is 0. The summed E-state index contributed by atoms with van der Waals surface area (Å²) in [5.74, 6) is 2.71. The van der Waals surface area contributed by atoms with E-state index in [1.807, 2.05) is 12.2 Å². The van der Waals surface area contributed by atoms with Crippen LogP contribution in [-0.4, -0.2) is 5.87 Å². The number of nitrogens with one attached hydrogen (secondary N) is 1. The van der Waals surface area contributed by atoms with E-state index in [-0.39, 0.29) is 0 Å². The number of hydrogen-bond donors (Lipinski definition) is 1. The van der Waals surface area contributed by atoms with Crippen molar-refractivity contribution in [2.24, 2.45) is 10.5 Å². The van der Waals surface area contributed by atoms with Gasteiger partial charge in [0, 0.05) is 17.6 Å². The number of hydrazone groups is 1. The van der Waals surface area contributed by atoms with Gasteiger partial charge in [-0.1, -0.05) is 20.8 Å². The van der Waals surface area contributed by atoms with Crippen molar-refractivity contribution in [3.63, 3.8) is 0 Å². The highest BCUT2D eigenvalue weighted by Crippen LogP contribution is 2.22. The lowest BCUT2D eigenvalue weighted by atomic mass is 9.90. The average molecular weight is 150 g/mol. The van der Waals surface area contributed by atoms with Crippen LogP contribution in [0.25, 0.3) is 0 Å². The van der Waals surface area contributed by atoms with Crippen molar-refractivity contribution in [1.29, 1.82) is 0 Å². The molecule has 0 aromatic rings. The molecule has 60 valence electrons. The van der Waals surface area contributed by atoms with Crippen LogP contribution in [0.1, 0.15) is 27.2 Å². The van der Waals surface area contributed by atoms with E-state index < -0.39 is 0 Å². The van der Waals surface area contributed by atoms with Gasteiger partial charge in [-0.05, 0) is 17.9 Å². The third kappa shape index (κ3) is 3.06. The average Bonchev–Trinajstić information content (AvgIpc) is 1.85. The highest BCUT2D eigenvalue weighted by atomic mass is 15.3. The predicted octanol–water partition coefficient (Wildman–Crippen LogP) is 2.05. The van der Waals surface area contributed by atoms with Crippen molar-refractivity contribution < 1.29 is 0 Å². The van der Waals surface area contributed by atoms with Crippen molar-refractivity contribution >= 4 is 5.87 Å². The van der Waals surface area contributed by atoms with Gasteiger partial charge >= 0.3 is 0 Å². The molecule has 0 spiro atoms. The van der Waals surface area contributed by atoms with Crippen molar-refractivity contribution in [3.8, 4) is 0 Å². The van der Waals surface area contributed by atoms with Gasteiger partial charge in [0.15, 0.2) is 0 Å². The molecule has 1 heterocycles. The van der Waals surface area contributed by atoms with Crippen LogP contribution in [0.4, 0.5) is 0 Å². The topological polar surface area (TPSA) is 24.4 Å². The Morgan fingerprint density at radius 3 is 2.73 bits per heavy atom. The number of allylic oxidation sites excluding steroid dienone is 3. The van der Waals surface area contributed by atoms with Crippen LogP contribution in [0.3, 0.4) is 0 Å². The van der Waals surface area contributed by atoms with Gasteiger partial charge in [-0.2, -0.15) is 0 Å². The molecule has 0 amide bonds. The lowest BCUT2D eigenvalue weighted by Gasteiger charge is -2.19. The van der Waals surface area contributed by atoms with E-state index in [1.165, 1.54) is 0 Å². The summed E-state index contributed by atoms with van der Waals surface area (Å²) < 4.78 is 0. The summed E-state index contributed by atoms with van der Waals surface area (Å²) in [5, 5.41) is 3.82. The molecule has 0 saturated heterocycles. The smallest absolute Gasteiger partial charge is 0.0355 e. The molecule has 1 N–H and O–H groups in total. The second kappa shape index (κ2) is 2.93. The maximum Gasteiger partial charge on any atom is 0.0355 e. The lowest BCUT2D eigenvalue weighted by molar-refractivity contribution is 0.399. The fourth-order valence-corrected chi connectivity index (χ4v) is 0.986. The molecule has 1 aliphatic rings. The molecule has 0 fully saturated rings. The van der Waals surface area contributed by atoms with Crippen LogP contribution in [0, 0.1) is 5.41 Å². The molecule has 2 nitrogen and oxygen atoms in total. The molecular formula is C9H14N2. The Bertz CT molecular complexity index is 224. The van der Waals surface area contributed by atoms with E-state index in [9.17, 15) is 0 Å². The summed E-state index contributed by atoms with van der Waals surface area (Å²) >= 11 is 0. The number of hydrogen-bond acceptors (Lipinski definition) is 2. The Kier molecular flexibility index (Phi) is 2.16. The van der Waals surface area contributed by atoms with Crippen molar-refractivity contribution in [1.82, 2.24) is 5.43 Å². The third-order valence-electron chi connectivity index (χ3n) is 1.34.